The topological polar surface area (TPSA) is 17.4 Å². The van der Waals surface area contributed by atoms with Gasteiger partial charge in [0, 0.05) is 45.2 Å². The van der Waals surface area contributed by atoms with Crippen LogP contribution in [0.5, 0.6) is 0 Å². The zero-order valence-electron chi connectivity index (χ0n) is 14.1. The van der Waals surface area contributed by atoms with Crippen LogP contribution in [-0.4, -0.2) is 36.3 Å². The summed E-state index contributed by atoms with van der Waals surface area (Å²) in [6.07, 6.45) is 3.27. The number of ether oxygens (including phenoxy) is 1. The molecule has 0 spiro atoms. The molecular formula is C19H28N2O. The Hall–Kier alpha value is -1.58. The molecule has 0 N–H and O–H groups in total. The summed E-state index contributed by atoms with van der Waals surface area (Å²) in [6, 6.07) is 13.0. The summed E-state index contributed by atoms with van der Waals surface area (Å²) in [4.78, 5) is 2.47. The maximum atomic E-state index is 5.16. The van der Waals surface area contributed by atoms with E-state index in [1.54, 1.807) is 7.11 Å². The van der Waals surface area contributed by atoms with Crippen LogP contribution in [0.25, 0.3) is 0 Å². The van der Waals surface area contributed by atoms with E-state index < -0.39 is 0 Å². The lowest BCUT2D eigenvalue weighted by Gasteiger charge is -2.21. The van der Waals surface area contributed by atoms with Crippen molar-refractivity contribution in [1.29, 1.82) is 0 Å². The van der Waals surface area contributed by atoms with Crippen molar-refractivity contribution < 1.29 is 4.74 Å². The highest BCUT2D eigenvalue weighted by Crippen LogP contribution is 2.13. The van der Waals surface area contributed by atoms with Gasteiger partial charge in [-0.1, -0.05) is 31.2 Å². The van der Waals surface area contributed by atoms with Gasteiger partial charge in [0.15, 0.2) is 0 Å². The zero-order valence-corrected chi connectivity index (χ0v) is 14.1. The van der Waals surface area contributed by atoms with Crippen LogP contribution < -0.4 is 0 Å². The molecule has 2 rings (SSSR count). The van der Waals surface area contributed by atoms with Gasteiger partial charge in [0.05, 0.1) is 0 Å². The highest BCUT2D eigenvalue weighted by atomic mass is 16.5. The standard InChI is InChI=1S/C19H28N2O/c1-4-20(12-8-14-22-3)16-19-11-7-13-21(19)15-18-10-6-5-9-17(18)2/h5-7,9-11,13H,4,8,12,14-16H2,1-3H3. The van der Waals surface area contributed by atoms with Crippen molar-refractivity contribution >= 4 is 0 Å². The average Bonchev–Trinajstić information content (AvgIpc) is 2.96. The van der Waals surface area contributed by atoms with Crippen LogP contribution in [-0.2, 0) is 17.8 Å². The lowest BCUT2D eigenvalue weighted by molar-refractivity contribution is 0.170. The summed E-state index contributed by atoms with van der Waals surface area (Å²) in [5.41, 5.74) is 4.12. The Morgan fingerprint density at radius 2 is 1.95 bits per heavy atom. The van der Waals surface area contributed by atoms with Gasteiger partial charge in [0.25, 0.3) is 0 Å². The molecule has 0 unspecified atom stereocenters. The summed E-state index contributed by atoms with van der Waals surface area (Å²) < 4.78 is 7.52. The largest absolute Gasteiger partial charge is 0.385 e. The van der Waals surface area contributed by atoms with Crippen molar-refractivity contribution in [2.75, 3.05) is 26.8 Å². The molecular weight excluding hydrogens is 272 g/mol. The van der Waals surface area contributed by atoms with E-state index in [0.717, 1.165) is 39.2 Å². The molecule has 120 valence electrons. The summed E-state index contributed by atoms with van der Waals surface area (Å²) in [6.45, 7) is 9.34. The lowest BCUT2D eigenvalue weighted by Crippen LogP contribution is -2.26. The fraction of sp³-hybridized carbons (Fsp3) is 0.474. The Balaban J connectivity index is 2.01. The van der Waals surface area contributed by atoms with Crippen molar-refractivity contribution in [2.24, 2.45) is 0 Å². The predicted octanol–water partition coefficient (Wildman–Crippen LogP) is 3.70. The predicted molar refractivity (Wildman–Crippen MR) is 92.2 cm³/mol. The third-order valence-electron chi connectivity index (χ3n) is 4.18. The number of rotatable bonds is 9. The number of aryl methyl sites for hydroxylation is 1. The van der Waals surface area contributed by atoms with Crippen molar-refractivity contribution in [3.8, 4) is 0 Å². The molecule has 0 atom stereocenters. The molecule has 0 fully saturated rings. The highest BCUT2D eigenvalue weighted by Gasteiger charge is 2.08. The quantitative estimate of drug-likeness (QED) is 0.657. The molecule has 0 aliphatic rings. The van der Waals surface area contributed by atoms with E-state index in [1.807, 2.05) is 0 Å². The zero-order chi connectivity index (χ0) is 15.8. The molecule has 0 saturated heterocycles. The van der Waals surface area contributed by atoms with Crippen LogP contribution in [0.1, 0.15) is 30.2 Å². The fourth-order valence-corrected chi connectivity index (χ4v) is 2.73. The molecule has 1 heterocycles. The van der Waals surface area contributed by atoms with E-state index in [-0.39, 0.29) is 0 Å². The minimum atomic E-state index is 0.834. The monoisotopic (exact) mass is 300 g/mol. The van der Waals surface area contributed by atoms with Crippen molar-refractivity contribution in [2.45, 2.75) is 33.4 Å². The van der Waals surface area contributed by atoms with Crippen LogP contribution in [0.2, 0.25) is 0 Å². The molecule has 0 saturated carbocycles. The lowest BCUT2D eigenvalue weighted by atomic mass is 10.1. The first-order valence-corrected chi connectivity index (χ1v) is 8.14. The number of hydrogen-bond acceptors (Lipinski definition) is 2. The minimum Gasteiger partial charge on any atom is -0.385 e. The molecule has 22 heavy (non-hydrogen) atoms. The van der Waals surface area contributed by atoms with Crippen LogP contribution >= 0.6 is 0 Å². The first-order chi connectivity index (χ1) is 10.7. The van der Waals surface area contributed by atoms with E-state index in [2.05, 4.69) is 65.9 Å². The fourth-order valence-electron chi connectivity index (χ4n) is 2.73. The molecule has 0 aliphatic carbocycles. The van der Waals surface area contributed by atoms with Gasteiger partial charge in [0.1, 0.15) is 0 Å². The minimum absolute atomic E-state index is 0.834. The molecule has 3 nitrogen and oxygen atoms in total. The van der Waals surface area contributed by atoms with E-state index in [1.165, 1.54) is 16.8 Å². The number of aromatic nitrogens is 1. The van der Waals surface area contributed by atoms with Crippen molar-refractivity contribution in [3.05, 3.63) is 59.4 Å². The Morgan fingerprint density at radius 3 is 2.68 bits per heavy atom. The number of benzene rings is 1. The van der Waals surface area contributed by atoms with E-state index >= 15 is 0 Å². The number of hydrogen-bond donors (Lipinski definition) is 0. The molecule has 0 aliphatic heterocycles. The van der Waals surface area contributed by atoms with Gasteiger partial charge in [-0.2, -0.15) is 0 Å². The van der Waals surface area contributed by atoms with Crippen LogP contribution in [0.4, 0.5) is 0 Å². The smallest absolute Gasteiger partial charge is 0.0476 e. The van der Waals surface area contributed by atoms with Crippen molar-refractivity contribution in [3.63, 3.8) is 0 Å². The van der Waals surface area contributed by atoms with Gasteiger partial charge < -0.3 is 9.30 Å². The van der Waals surface area contributed by atoms with Crippen LogP contribution in [0, 0.1) is 6.92 Å². The highest BCUT2D eigenvalue weighted by molar-refractivity contribution is 5.26. The Kier molecular flexibility index (Phi) is 6.69. The Bertz CT molecular complexity index is 562. The van der Waals surface area contributed by atoms with Crippen molar-refractivity contribution in [1.82, 2.24) is 9.47 Å². The maximum absolute atomic E-state index is 5.16. The number of nitrogens with zero attached hydrogens (tertiary/aromatic N) is 2. The first kappa shape index (κ1) is 16.8. The SMILES string of the molecule is CCN(CCCOC)Cc1cccn1Cc1ccccc1C. The molecule has 0 radical (unpaired) electrons. The molecule has 1 aromatic heterocycles. The molecule has 0 bridgehead atoms. The Labute approximate surface area is 134 Å². The van der Waals surface area contributed by atoms with Gasteiger partial charge in [-0.15, -0.1) is 0 Å². The van der Waals surface area contributed by atoms with Crippen LogP contribution in [0.15, 0.2) is 42.6 Å². The van der Waals surface area contributed by atoms with Gasteiger partial charge in [-0.25, -0.2) is 0 Å². The molecule has 0 amide bonds. The molecule has 3 heteroatoms. The van der Waals surface area contributed by atoms with E-state index in [4.69, 9.17) is 4.74 Å². The second kappa shape index (κ2) is 8.76. The van der Waals surface area contributed by atoms with Gasteiger partial charge in [-0.3, -0.25) is 4.90 Å². The third kappa shape index (κ3) is 4.72. The molecule has 2 aromatic rings. The Morgan fingerprint density at radius 1 is 1.14 bits per heavy atom. The second-order valence-electron chi connectivity index (χ2n) is 5.77. The average molecular weight is 300 g/mol. The normalized spacial score (nSPS) is 11.3. The number of methoxy groups -OCH3 is 1. The van der Waals surface area contributed by atoms with E-state index in [0.29, 0.717) is 0 Å². The maximum Gasteiger partial charge on any atom is 0.0476 e. The third-order valence-corrected chi connectivity index (χ3v) is 4.18. The van der Waals surface area contributed by atoms with Gasteiger partial charge >= 0.3 is 0 Å². The van der Waals surface area contributed by atoms with E-state index in [9.17, 15) is 0 Å². The first-order valence-electron chi connectivity index (χ1n) is 8.14. The van der Waals surface area contributed by atoms with Gasteiger partial charge in [-0.05, 0) is 43.1 Å². The second-order valence-corrected chi connectivity index (χ2v) is 5.77. The van der Waals surface area contributed by atoms with Crippen LogP contribution in [0.3, 0.4) is 0 Å². The van der Waals surface area contributed by atoms with Gasteiger partial charge in [0.2, 0.25) is 0 Å². The molecule has 1 aromatic carbocycles. The summed E-state index contributed by atoms with van der Waals surface area (Å²) in [5.74, 6) is 0. The summed E-state index contributed by atoms with van der Waals surface area (Å²) >= 11 is 0. The summed E-state index contributed by atoms with van der Waals surface area (Å²) in [7, 11) is 1.77. The summed E-state index contributed by atoms with van der Waals surface area (Å²) in [5, 5.41) is 0.